The van der Waals surface area contributed by atoms with Crippen LogP contribution in [0.1, 0.15) is 65.9 Å². The maximum atomic E-state index is 13.8. The van der Waals surface area contributed by atoms with Crippen LogP contribution in [-0.4, -0.2) is 90.8 Å². The number of carbonyl (C=O) groups excluding carboxylic acids is 2. The number of ether oxygens (including phenoxy) is 1. The van der Waals surface area contributed by atoms with Crippen molar-refractivity contribution in [3.8, 4) is 6.07 Å². The first-order valence-electron chi connectivity index (χ1n) is 17.0. The van der Waals surface area contributed by atoms with Crippen molar-refractivity contribution in [1.82, 2.24) is 15.1 Å². The van der Waals surface area contributed by atoms with Gasteiger partial charge < -0.3 is 24.3 Å². The van der Waals surface area contributed by atoms with Gasteiger partial charge in [-0.1, -0.05) is 44.2 Å². The summed E-state index contributed by atoms with van der Waals surface area (Å²) in [5.74, 6) is -2.76. The van der Waals surface area contributed by atoms with E-state index in [4.69, 9.17) is 14.0 Å². The van der Waals surface area contributed by atoms with Crippen LogP contribution in [0.15, 0.2) is 42.0 Å². The minimum Gasteiger partial charge on any atom is -0.449 e. The van der Waals surface area contributed by atoms with Gasteiger partial charge >= 0.3 is 13.2 Å². The first kappa shape index (κ1) is 33.9. The van der Waals surface area contributed by atoms with Crippen LogP contribution in [0.2, 0.25) is 0 Å². The number of halogens is 2. The van der Waals surface area contributed by atoms with Crippen molar-refractivity contribution in [2.75, 3.05) is 32.8 Å². The number of nitrogens with one attached hydrogen (secondary N) is 1. The lowest BCUT2D eigenvalue weighted by Crippen LogP contribution is -2.65. The molecular weight excluding hydrogens is 605 g/mol. The number of carbonyl (C=O) groups is 2. The minimum atomic E-state index is -2.77. The number of likely N-dealkylation sites (tertiary alicyclic amines) is 2. The molecule has 6 fully saturated rings. The van der Waals surface area contributed by atoms with Crippen LogP contribution in [0.3, 0.4) is 0 Å². The summed E-state index contributed by atoms with van der Waals surface area (Å²) in [6, 6.07) is 11.9. The smallest absolute Gasteiger partial charge is 0.449 e. The molecule has 12 heteroatoms. The van der Waals surface area contributed by atoms with E-state index in [0.717, 1.165) is 18.4 Å². The Labute approximate surface area is 277 Å². The predicted octanol–water partition coefficient (Wildman–Crippen LogP) is 5.01. The Morgan fingerprint density at radius 1 is 1.21 bits per heavy atom. The van der Waals surface area contributed by atoms with E-state index in [1.54, 1.807) is 23.6 Å². The highest BCUT2D eigenvalue weighted by molar-refractivity contribution is 6.47. The molecule has 0 aromatic heterocycles. The Morgan fingerprint density at radius 3 is 2.62 bits per heavy atom. The van der Waals surface area contributed by atoms with Crippen LogP contribution in [-0.2, 0) is 25.3 Å². The van der Waals surface area contributed by atoms with E-state index < -0.39 is 48.7 Å². The Hall–Kier alpha value is -3.01. The normalized spacial score (nSPS) is 31.9. The zero-order valence-corrected chi connectivity index (χ0v) is 28.1. The third kappa shape index (κ3) is 6.68. The van der Waals surface area contributed by atoms with Crippen LogP contribution < -0.4 is 5.32 Å². The standard InChI is InChI=1S/C35H47BF2N4O5/c1-32(2,42-14-12-35(37,38)22-42)18-25(19-39)30(43)41-13-11-24(20-41)21-45-31(44)40-29(15-23-9-7-6-8-10-23)36-46-28-17-26-16-27(33(26,3)4)34(28,5)47-36/h6-10,18,24,26-29H,11-17,20-22H2,1-5H3,(H,40,44)/t24-,26-,27-,28+,29-,34-/m0/s1. The molecule has 1 aromatic rings. The van der Waals surface area contributed by atoms with E-state index >= 15 is 0 Å². The Balaban J connectivity index is 1.04. The largest absolute Gasteiger partial charge is 0.482 e. The van der Waals surface area contributed by atoms with Gasteiger partial charge in [0.2, 0.25) is 0 Å². The summed E-state index contributed by atoms with van der Waals surface area (Å²) < 4.78 is 46.6. The molecule has 3 saturated carbocycles. The molecule has 9 nitrogen and oxygen atoms in total. The number of alkyl carbamates (subject to hydrolysis) is 1. The van der Waals surface area contributed by atoms with E-state index in [1.165, 1.54) is 6.08 Å². The van der Waals surface area contributed by atoms with Gasteiger partial charge in [0.05, 0.1) is 30.8 Å². The van der Waals surface area contributed by atoms with Crippen molar-refractivity contribution in [2.45, 2.75) is 95.8 Å². The van der Waals surface area contributed by atoms with Gasteiger partial charge in [-0.25, -0.2) is 13.6 Å². The summed E-state index contributed by atoms with van der Waals surface area (Å²) >= 11 is 0. The molecule has 2 amide bonds. The molecule has 3 heterocycles. The Bertz CT molecular complexity index is 1430. The zero-order chi connectivity index (χ0) is 33.8. The van der Waals surface area contributed by atoms with E-state index in [0.29, 0.717) is 37.8 Å². The second-order valence-corrected chi connectivity index (χ2v) is 15.6. The summed E-state index contributed by atoms with van der Waals surface area (Å²) in [5, 5.41) is 12.8. The van der Waals surface area contributed by atoms with Gasteiger partial charge in [0.1, 0.15) is 11.6 Å². The SMILES string of the molecule is CC1(C)[C@@H]2C[C@H]3OB([C@H](Cc4ccccc4)NC(=O)OC[C@H]4CCN(C(=O)C(C#N)=CC(C)(C)N5CCC(F)(F)C5)C4)O[C@@]3(C)[C@H]1C2. The molecule has 3 aliphatic heterocycles. The van der Waals surface area contributed by atoms with Gasteiger partial charge in [-0.2, -0.15) is 5.26 Å². The van der Waals surface area contributed by atoms with E-state index in [1.807, 2.05) is 36.4 Å². The molecule has 6 atom stereocenters. The maximum absolute atomic E-state index is 13.8. The molecule has 3 aliphatic carbocycles. The highest BCUT2D eigenvalue weighted by atomic mass is 19.3. The number of benzene rings is 1. The molecule has 6 aliphatic rings. The van der Waals surface area contributed by atoms with Gasteiger partial charge in [0.25, 0.3) is 11.8 Å². The van der Waals surface area contributed by atoms with Crippen LogP contribution in [0, 0.1) is 34.5 Å². The first-order chi connectivity index (χ1) is 22.1. The van der Waals surface area contributed by atoms with Crippen molar-refractivity contribution in [2.24, 2.45) is 23.2 Å². The third-order valence-electron chi connectivity index (χ3n) is 11.8. The van der Waals surface area contributed by atoms with Crippen LogP contribution >= 0.6 is 0 Å². The van der Waals surface area contributed by atoms with E-state index in [2.05, 4.69) is 26.1 Å². The second kappa shape index (κ2) is 12.5. The number of nitrogens with zero attached hydrogens (tertiary/aromatic N) is 3. The van der Waals surface area contributed by atoms with Gasteiger partial charge in [-0.05, 0) is 75.3 Å². The first-order valence-corrected chi connectivity index (χ1v) is 17.0. The molecule has 7 rings (SSSR count). The summed E-state index contributed by atoms with van der Waals surface area (Å²) in [6.45, 7) is 10.9. The lowest BCUT2D eigenvalue weighted by Gasteiger charge is -2.64. The topological polar surface area (TPSA) is 104 Å². The lowest BCUT2D eigenvalue weighted by atomic mass is 9.43. The second-order valence-electron chi connectivity index (χ2n) is 15.6. The highest BCUT2D eigenvalue weighted by Crippen LogP contribution is 2.65. The molecule has 0 spiro atoms. The Kier molecular flexibility index (Phi) is 8.98. The highest BCUT2D eigenvalue weighted by Gasteiger charge is 2.68. The monoisotopic (exact) mass is 652 g/mol. The van der Waals surface area contributed by atoms with Gasteiger partial charge in [0, 0.05) is 37.5 Å². The summed E-state index contributed by atoms with van der Waals surface area (Å²) in [4.78, 5) is 29.6. The van der Waals surface area contributed by atoms with Crippen molar-refractivity contribution in [3.05, 3.63) is 47.5 Å². The lowest BCUT2D eigenvalue weighted by molar-refractivity contribution is -0.199. The van der Waals surface area contributed by atoms with Gasteiger partial charge in [-0.15, -0.1) is 0 Å². The van der Waals surface area contributed by atoms with Crippen molar-refractivity contribution in [3.63, 3.8) is 0 Å². The molecule has 1 N–H and O–H groups in total. The average Bonchev–Trinajstić information content (AvgIpc) is 3.74. The van der Waals surface area contributed by atoms with E-state index in [-0.39, 0.29) is 42.6 Å². The summed E-state index contributed by atoms with van der Waals surface area (Å²) in [7, 11) is -0.611. The van der Waals surface area contributed by atoms with Gasteiger partial charge in [0.15, 0.2) is 0 Å². The number of hydrogen-bond donors (Lipinski definition) is 1. The Morgan fingerprint density at radius 2 is 1.96 bits per heavy atom. The van der Waals surface area contributed by atoms with Crippen molar-refractivity contribution in [1.29, 1.82) is 5.26 Å². The maximum Gasteiger partial charge on any atom is 0.482 e. The molecule has 0 unspecified atom stereocenters. The molecule has 3 saturated heterocycles. The molecule has 254 valence electrons. The summed E-state index contributed by atoms with van der Waals surface area (Å²) in [5.41, 5.74) is -0.111. The van der Waals surface area contributed by atoms with Crippen LogP contribution in [0.4, 0.5) is 13.6 Å². The molecular formula is C35H47BF2N4O5. The van der Waals surface area contributed by atoms with Crippen LogP contribution in [0.5, 0.6) is 0 Å². The molecule has 2 bridgehead atoms. The predicted molar refractivity (Wildman–Crippen MR) is 172 cm³/mol. The van der Waals surface area contributed by atoms with Crippen LogP contribution in [0.25, 0.3) is 0 Å². The quantitative estimate of drug-likeness (QED) is 0.227. The number of amides is 2. The fourth-order valence-electron chi connectivity index (χ4n) is 8.68. The minimum absolute atomic E-state index is 0.0170. The number of alkyl halides is 2. The van der Waals surface area contributed by atoms with Crippen molar-refractivity contribution < 1.29 is 32.4 Å². The zero-order valence-electron chi connectivity index (χ0n) is 28.1. The third-order valence-corrected chi connectivity index (χ3v) is 11.8. The number of rotatable bonds is 9. The fourth-order valence-corrected chi connectivity index (χ4v) is 8.68. The van der Waals surface area contributed by atoms with Crippen molar-refractivity contribution >= 4 is 19.1 Å². The summed E-state index contributed by atoms with van der Waals surface area (Å²) in [6.07, 6.45) is 3.87. The average molecular weight is 653 g/mol. The van der Waals surface area contributed by atoms with Gasteiger partial charge in [-0.3, -0.25) is 9.69 Å². The molecule has 1 aromatic carbocycles. The van der Waals surface area contributed by atoms with E-state index in [9.17, 15) is 23.6 Å². The fraction of sp³-hybridized carbons (Fsp3) is 0.686. The number of nitriles is 1. The molecule has 47 heavy (non-hydrogen) atoms. The molecule has 0 radical (unpaired) electrons. The number of hydrogen-bond acceptors (Lipinski definition) is 7.